The highest BCUT2D eigenvalue weighted by atomic mass is 16.5. The molecule has 1 aromatic heterocycles. The van der Waals surface area contributed by atoms with E-state index in [0.29, 0.717) is 12.1 Å². The Morgan fingerprint density at radius 3 is 2.81 bits per heavy atom. The van der Waals surface area contributed by atoms with Crippen molar-refractivity contribution in [3.05, 3.63) is 17.0 Å². The predicted molar refractivity (Wildman–Crippen MR) is 61.5 cm³/mol. The molecule has 90 valence electrons. The van der Waals surface area contributed by atoms with E-state index < -0.39 is 0 Å². The van der Waals surface area contributed by atoms with Gasteiger partial charge in [0.2, 0.25) is 0 Å². The third-order valence-electron chi connectivity index (χ3n) is 3.34. The van der Waals surface area contributed by atoms with E-state index in [1.807, 2.05) is 13.8 Å². The van der Waals surface area contributed by atoms with E-state index >= 15 is 0 Å². The summed E-state index contributed by atoms with van der Waals surface area (Å²) in [5, 5.41) is 7.48. The summed E-state index contributed by atoms with van der Waals surface area (Å²) < 4.78 is 10.6. The first kappa shape index (κ1) is 11.6. The van der Waals surface area contributed by atoms with Crippen molar-refractivity contribution in [3.63, 3.8) is 0 Å². The van der Waals surface area contributed by atoms with Crippen molar-refractivity contribution in [1.82, 2.24) is 10.5 Å². The van der Waals surface area contributed by atoms with E-state index in [1.54, 1.807) is 0 Å². The molecule has 4 nitrogen and oxygen atoms in total. The highest BCUT2D eigenvalue weighted by molar-refractivity contribution is 5.20. The lowest BCUT2D eigenvalue weighted by Crippen LogP contribution is -2.36. The van der Waals surface area contributed by atoms with Gasteiger partial charge in [0.1, 0.15) is 5.76 Å². The van der Waals surface area contributed by atoms with E-state index in [4.69, 9.17) is 9.26 Å². The highest BCUT2D eigenvalue weighted by Crippen LogP contribution is 2.14. The predicted octanol–water partition coefficient (Wildman–Crippen LogP) is 1.60. The number of hydrogen-bond acceptors (Lipinski definition) is 4. The lowest BCUT2D eigenvalue weighted by Gasteiger charge is -2.15. The fourth-order valence-corrected chi connectivity index (χ4v) is 2.24. The molecule has 16 heavy (non-hydrogen) atoms. The number of aryl methyl sites for hydroxylation is 2. The second-order valence-corrected chi connectivity index (χ2v) is 4.48. The number of aromatic nitrogens is 1. The maximum Gasteiger partial charge on any atom is 0.137 e. The first-order valence-electron chi connectivity index (χ1n) is 5.95. The van der Waals surface area contributed by atoms with Gasteiger partial charge in [0.15, 0.2) is 0 Å². The van der Waals surface area contributed by atoms with Crippen LogP contribution in [0.2, 0.25) is 0 Å². The zero-order valence-electron chi connectivity index (χ0n) is 10.2. The molecule has 2 unspecified atom stereocenters. The molecule has 2 atom stereocenters. The molecular weight excluding hydrogens is 204 g/mol. The molecule has 0 aromatic carbocycles. The van der Waals surface area contributed by atoms with E-state index in [0.717, 1.165) is 37.4 Å². The van der Waals surface area contributed by atoms with Crippen molar-refractivity contribution in [2.75, 3.05) is 13.2 Å². The Morgan fingerprint density at radius 1 is 1.44 bits per heavy atom. The van der Waals surface area contributed by atoms with Gasteiger partial charge in [-0.25, -0.2) is 0 Å². The topological polar surface area (TPSA) is 47.3 Å². The van der Waals surface area contributed by atoms with E-state index in [2.05, 4.69) is 17.4 Å². The summed E-state index contributed by atoms with van der Waals surface area (Å²) >= 11 is 0. The van der Waals surface area contributed by atoms with Crippen LogP contribution in [0.15, 0.2) is 4.52 Å². The zero-order valence-corrected chi connectivity index (χ0v) is 10.2. The molecule has 1 N–H and O–H groups in total. The standard InChI is InChI=1S/C12H20N2O2/c1-8-11(9(2)16-14-8)4-6-13-12-5-7-15-10(12)3/h10,12-13H,4-7H2,1-3H3. The summed E-state index contributed by atoms with van der Waals surface area (Å²) in [4.78, 5) is 0. The quantitative estimate of drug-likeness (QED) is 0.844. The largest absolute Gasteiger partial charge is 0.377 e. The van der Waals surface area contributed by atoms with Gasteiger partial charge in [-0.3, -0.25) is 0 Å². The van der Waals surface area contributed by atoms with Gasteiger partial charge in [-0.05, 0) is 40.2 Å². The summed E-state index contributed by atoms with van der Waals surface area (Å²) in [7, 11) is 0. The number of hydrogen-bond donors (Lipinski definition) is 1. The Labute approximate surface area is 96.3 Å². The van der Waals surface area contributed by atoms with Crippen molar-refractivity contribution in [2.24, 2.45) is 0 Å². The smallest absolute Gasteiger partial charge is 0.137 e. The molecule has 1 fully saturated rings. The summed E-state index contributed by atoms with van der Waals surface area (Å²) in [6.45, 7) is 7.93. The van der Waals surface area contributed by atoms with Gasteiger partial charge < -0.3 is 14.6 Å². The molecule has 2 heterocycles. The summed E-state index contributed by atoms with van der Waals surface area (Å²) in [5.41, 5.74) is 2.24. The monoisotopic (exact) mass is 224 g/mol. The summed E-state index contributed by atoms with van der Waals surface area (Å²) in [5.74, 6) is 0.940. The Hall–Kier alpha value is -0.870. The Balaban J connectivity index is 1.80. The van der Waals surface area contributed by atoms with Gasteiger partial charge in [-0.1, -0.05) is 5.16 Å². The van der Waals surface area contributed by atoms with Crippen LogP contribution in [-0.2, 0) is 11.2 Å². The number of rotatable bonds is 4. The maximum atomic E-state index is 5.51. The van der Waals surface area contributed by atoms with Crippen LogP contribution in [0.25, 0.3) is 0 Å². The molecule has 1 saturated heterocycles. The molecule has 1 aliphatic rings. The fraction of sp³-hybridized carbons (Fsp3) is 0.750. The molecule has 1 aromatic rings. The molecule has 0 bridgehead atoms. The minimum Gasteiger partial charge on any atom is -0.377 e. The molecule has 4 heteroatoms. The van der Waals surface area contributed by atoms with Crippen LogP contribution in [-0.4, -0.2) is 30.5 Å². The third-order valence-corrected chi connectivity index (χ3v) is 3.34. The van der Waals surface area contributed by atoms with Crippen molar-refractivity contribution in [2.45, 2.75) is 45.8 Å². The third kappa shape index (κ3) is 2.44. The van der Waals surface area contributed by atoms with Crippen molar-refractivity contribution in [1.29, 1.82) is 0 Å². The van der Waals surface area contributed by atoms with Gasteiger partial charge >= 0.3 is 0 Å². The van der Waals surface area contributed by atoms with Gasteiger partial charge in [0.25, 0.3) is 0 Å². The lowest BCUT2D eigenvalue weighted by molar-refractivity contribution is 0.113. The average molecular weight is 224 g/mol. The van der Waals surface area contributed by atoms with Crippen LogP contribution in [0, 0.1) is 13.8 Å². The molecule has 0 radical (unpaired) electrons. The second-order valence-electron chi connectivity index (χ2n) is 4.48. The van der Waals surface area contributed by atoms with Crippen LogP contribution < -0.4 is 5.32 Å². The van der Waals surface area contributed by atoms with E-state index in [-0.39, 0.29) is 0 Å². The van der Waals surface area contributed by atoms with Gasteiger partial charge in [0.05, 0.1) is 11.8 Å². The van der Waals surface area contributed by atoms with Gasteiger partial charge in [0, 0.05) is 18.2 Å². The normalized spacial score (nSPS) is 25.2. The van der Waals surface area contributed by atoms with Gasteiger partial charge in [-0.15, -0.1) is 0 Å². The molecule has 0 aliphatic carbocycles. The SMILES string of the molecule is Cc1noc(C)c1CCNC1CCOC1C. The molecular formula is C12H20N2O2. The van der Waals surface area contributed by atoms with E-state index in [9.17, 15) is 0 Å². The molecule has 0 spiro atoms. The van der Waals surface area contributed by atoms with Gasteiger partial charge in [-0.2, -0.15) is 0 Å². The average Bonchev–Trinajstić information content (AvgIpc) is 2.79. The number of nitrogens with zero attached hydrogens (tertiary/aromatic N) is 1. The summed E-state index contributed by atoms with van der Waals surface area (Å²) in [6.07, 6.45) is 2.43. The van der Waals surface area contributed by atoms with E-state index in [1.165, 1.54) is 5.56 Å². The number of nitrogens with one attached hydrogen (secondary N) is 1. The molecule has 0 amide bonds. The highest BCUT2D eigenvalue weighted by Gasteiger charge is 2.23. The summed E-state index contributed by atoms with van der Waals surface area (Å²) in [6, 6.07) is 0.500. The van der Waals surface area contributed by atoms with Crippen LogP contribution >= 0.6 is 0 Å². The number of ether oxygens (including phenoxy) is 1. The lowest BCUT2D eigenvalue weighted by atomic mass is 10.1. The van der Waals surface area contributed by atoms with Crippen LogP contribution in [0.3, 0.4) is 0 Å². The second kappa shape index (κ2) is 4.97. The Kier molecular flexibility index (Phi) is 3.61. The minimum absolute atomic E-state index is 0.338. The Bertz CT molecular complexity index is 329. The minimum atomic E-state index is 0.338. The first-order chi connectivity index (χ1) is 7.68. The molecule has 0 saturated carbocycles. The van der Waals surface area contributed by atoms with Crippen LogP contribution in [0.4, 0.5) is 0 Å². The molecule has 1 aliphatic heterocycles. The Morgan fingerprint density at radius 2 is 2.25 bits per heavy atom. The zero-order chi connectivity index (χ0) is 11.5. The first-order valence-corrected chi connectivity index (χ1v) is 5.95. The van der Waals surface area contributed by atoms with Crippen molar-refractivity contribution in [3.8, 4) is 0 Å². The van der Waals surface area contributed by atoms with Crippen molar-refractivity contribution >= 4 is 0 Å². The van der Waals surface area contributed by atoms with Crippen LogP contribution in [0.1, 0.15) is 30.4 Å². The molecule has 2 rings (SSSR count). The van der Waals surface area contributed by atoms with Crippen LogP contribution in [0.5, 0.6) is 0 Å². The fourth-order valence-electron chi connectivity index (χ4n) is 2.24. The van der Waals surface area contributed by atoms with Crippen molar-refractivity contribution < 1.29 is 9.26 Å². The maximum absolute atomic E-state index is 5.51.